The summed E-state index contributed by atoms with van der Waals surface area (Å²) >= 11 is 6.03. The number of benzene rings is 2. The Morgan fingerprint density at radius 2 is 1.91 bits per heavy atom. The van der Waals surface area contributed by atoms with Crippen LogP contribution in [0.25, 0.3) is 6.08 Å². The van der Waals surface area contributed by atoms with Gasteiger partial charge in [-0.2, -0.15) is 0 Å². The summed E-state index contributed by atoms with van der Waals surface area (Å²) in [6.45, 7) is 2.92. The van der Waals surface area contributed by atoms with Gasteiger partial charge in [-0.3, -0.25) is 0 Å². The SMILES string of the molecule is CCCCc1ncc(C=C(Cc2ccc3c(c2)OCO3)C(=O)O)n1Cc1ccc(Cl)cc1. The van der Waals surface area contributed by atoms with Crippen molar-refractivity contribution in [3.8, 4) is 11.5 Å². The van der Waals surface area contributed by atoms with Crippen molar-refractivity contribution in [1.82, 2.24) is 9.55 Å². The Kier molecular flexibility index (Phi) is 6.81. The smallest absolute Gasteiger partial charge is 0.331 e. The predicted molar refractivity (Wildman–Crippen MR) is 123 cm³/mol. The fourth-order valence-electron chi connectivity index (χ4n) is 3.67. The number of aryl methyl sites for hydroxylation is 1. The largest absolute Gasteiger partial charge is 0.478 e. The van der Waals surface area contributed by atoms with E-state index in [1.54, 1.807) is 12.3 Å². The Balaban J connectivity index is 1.65. The molecular formula is C25H25ClN2O4. The maximum absolute atomic E-state index is 12.1. The molecule has 0 saturated carbocycles. The van der Waals surface area contributed by atoms with Crippen LogP contribution in [-0.2, 0) is 24.2 Å². The zero-order chi connectivity index (χ0) is 22.5. The summed E-state index contributed by atoms with van der Waals surface area (Å²) in [5, 5.41) is 10.6. The molecule has 166 valence electrons. The van der Waals surface area contributed by atoms with E-state index >= 15 is 0 Å². The van der Waals surface area contributed by atoms with Crippen LogP contribution in [0.2, 0.25) is 5.02 Å². The average molecular weight is 453 g/mol. The fourth-order valence-corrected chi connectivity index (χ4v) is 3.80. The van der Waals surface area contributed by atoms with Crippen LogP contribution >= 0.6 is 11.6 Å². The van der Waals surface area contributed by atoms with Crippen molar-refractivity contribution in [2.45, 2.75) is 39.2 Å². The minimum atomic E-state index is -0.961. The summed E-state index contributed by atoms with van der Waals surface area (Å²) in [5.74, 6) is 1.30. The lowest BCUT2D eigenvalue weighted by Gasteiger charge is -2.12. The molecule has 4 rings (SSSR count). The first-order chi connectivity index (χ1) is 15.5. The first-order valence-corrected chi connectivity index (χ1v) is 11.0. The highest BCUT2D eigenvalue weighted by atomic mass is 35.5. The second-order valence-corrected chi connectivity index (χ2v) is 8.19. The first kappa shape index (κ1) is 22.0. The van der Waals surface area contributed by atoms with E-state index in [1.165, 1.54) is 0 Å². The molecule has 2 aromatic carbocycles. The van der Waals surface area contributed by atoms with Crippen molar-refractivity contribution in [2.24, 2.45) is 0 Å². The van der Waals surface area contributed by atoms with E-state index in [0.29, 0.717) is 23.1 Å². The Morgan fingerprint density at radius 3 is 2.66 bits per heavy atom. The molecule has 0 spiro atoms. The van der Waals surface area contributed by atoms with Gasteiger partial charge in [-0.15, -0.1) is 0 Å². The van der Waals surface area contributed by atoms with Crippen LogP contribution in [0, 0.1) is 0 Å². The van der Waals surface area contributed by atoms with Crippen LogP contribution in [0.4, 0.5) is 0 Å². The molecule has 1 aliphatic rings. The second-order valence-electron chi connectivity index (χ2n) is 7.75. The number of carbonyl (C=O) groups is 1. The van der Waals surface area contributed by atoms with Crippen molar-refractivity contribution in [1.29, 1.82) is 0 Å². The van der Waals surface area contributed by atoms with Gasteiger partial charge in [0.15, 0.2) is 11.5 Å². The van der Waals surface area contributed by atoms with Gasteiger partial charge in [-0.1, -0.05) is 43.1 Å². The third-order valence-electron chi connectivity index (χ3n) is 5.41. The number of nitrogens with zero attached hydrogens (tertiary/aromatic N) is 2. The molecule has 1 aliphatic heterocycles. The van der Waals surface area contributed by atoms with Crippen molar-refractivity contribution in [3.63, 3.8) is 0 Å². The molecule has 3 aromatic rings. The maximum atomic E-state index is 12.1. The molecule has 32 heavy (non-hydrogen) atoms. The van der Waals surface area contributed by atoms with Crippen LogP contribution in [0.1, 0.15) is 42.4 Å². The zero-order valence-corrected chi connectivity index (χ0v) is 18.6. The lowest BCUT2D eigenvalue weighted by atomic mass is 10.0. The molecule has 7 heteroatoms. The highest BCUT2D eigenvalue weighted by Gasteiger charge is 2.17. The molecule has 6 nitrogen and oxygen atoms in total. The molecule has 0 fully saturated rings. The monoisotopic (exact) mass is 452 g/mol. The van der Waals surface area contributed by atoms with Gasteiger partial charge < -0.3 is 19.1 Å². The van der Waals surface area contributed by atoms with Crippen molar-refractivity contribution in [3.05, 3.63) is 81.9 Å². The number of aromatic nitrogens is 2. The van der Waals surface area contributed by atoms with E-state index in [4.69, 9.17) is 21.1 Å². The van der Waals surface area contributed by atoms with Gasteiger partial charge in [-0.25, -0.2) is 9.78 Å². The standard InChI is InChI=1S/C25H25ClN2O4/c1-2-3-4-24-27-14-21(28(24)15-17-5-8-20(26)9-6-17)13-19(25(29)30)11-18-7-10-22-23(12-18)32-16-31-22/h5-10,12-14H,2-4,11,15-16H2,1H3,(H,29,30). The molecular weight excluding hydrogens is 428 g/mol. The molecule has 0 atom stereocenters. The molecule has 0 radical (unpaired) electrons. The maximum Gasteiger partial charge on any atom is 0.331 e. The number of halogens is 1. The highest BCUT2D eigenvalue weighted by Crippen LogP contribution is 2.33. The number of hydrogen-bond donors (Lipinski definition) is 1. The van der Waals surface area contributed by atoms with Crippen LogP contribution in [0.3, 0.4) is 0 Å². The summed E-state index contributed by atoms with van der Waals surface area (Å²) in [5.41, 5.74) is 2.97. The second kappa shape index (κ2) is 9.92. The average Bonchev–Trinajstić information content (AvgIpc) is 3.40. The number of imidazole rings is 1. The summed E-state index contributed by atoms with van der Waals surface area (Å²) in [6.07, 6.45) is 6.65. The van der Waals surface area contributed by atoms with E-state index in [9.17, 15) is 9.90 Å². The van der Waals surface area contributed by atoms with Gasteiger partial charge in [0.25, 0.3) is 0 Å². The number of ether oxygens (including phenoxy) is 2. The summed E-state index contributed by atoms with van der Waals surface area (Å²) in [6, 6.07) is 13.2. The predicted octanol–water partition coefficient (Wildman–Crippen LogP) is 5.37. The van der Waals surface area contributed by atoms with Gasteiger partial charge in [0.1, 0.15) is 5.82 Å². The number of carboxylic acid groups (broad SMARTS) is 1. The van der Waals surface area contributed by atoms with Gasteiger partial charge in [0.2, 0.25) is 6.79 Å². The third-order valence-corrected chi connectivity index (χ3v) is 5.66. The van der Waals surface area contributed by atoms with E-state index in [-0.39, 0.29) is 18.8 Å². The number of aliphatic carboxylic acids is 1. The fraction of sp³-hybridized carbons (Fsp3) is 0.280. The van der Waals surface area contributed by atoms with Crippen LogP contribution in [-0.4, -0.2) is 27.4 Å². The van der Waals surface area contributed by atoms with Crippen LogP contribution in [0.15, 0.2) is 54.2 Å². The Labute approximate surface area is 192 Å². The Bertz CT molecular complexity index is 1140. The number of carboxylic acids is 1. The highest BCUT2D eigenvalue weighted by molar-refractivity contribution is 6.30. The lowest BCUT2D eigenvalue weighted by Crippen LogP contribution is -2.09. The van der Waals surface area contributed by atoms with Crippen molar-refractivity contribution in [2.75, 3.05) is 6.79 Å². The number of rotatable bonds is 9. The van der Waals surface area contributed by atoms with Crippen LogP contribution < -0.4 is 9.47 Å². The minimum Gasteiger partial charge on any atom is -0.478 e. The number of hydrogen-bond acceptors (Lipinski definition) is 4. The minimum absolute atomic E-state index is 0.185. The number of fused-ring (bicyclic) bond motifs is 1. The van der Waals surface area contributed by atoms with Gasteiger partial charge in [0, 0.05) is 30.0 Å². The summed E-state index contributed by atoms with van der Waals surface area (Å²) in [4.78, 5) is 16.7. The number of unbranched alkanes of at least 4 members (excludes halogenated alkanes) is 1. The first-order valence-electron chi connectivity index (χ1n) is 10.6. The zero-order valence-electron chi connectivity index (χ0n) is 17.9. The van der Waals surface area contributed by atoms with E-state index < -0.39 is 5.97 Å². The molecule has 2 heterocycles. The molecule has 0 saturated heterocycles. The Morgan fingerprint density at radius 1 is 1.16 bits per heavy atom. The topological polar surface area (TPSA) is 73.6 Å². The van der Waals surface area contributed by atoms with Gasteiger partial charge in [-0.05, 0) is 47.9 Å². The molecule has 0 amide bonds. The lowest BCUT2D eigenvalue weighted by molar-refractivity contribution is -0.132. The molecule has 0 unspecified atom stereocenters. The van der Waals surface area contributed by atoms with E-state index in [2.05, 4.69) is 16.5 Å². The molecule has 0 aliphatic carbocycles. The molecule has 1 aromatic heterocycles. The summed E-state index contributed by atoms with van der Waals surface area (Å²) < 4.78 is 12.8. The van der Waals surface area contributed by atoms with Gasteiger partial charge >= 0.3 is 5.97 Å². The molecule has 1 N–H and O–H groups in total. The van der Waals surface area contributed by atoms with Crippen molar-refractivity contribution >= 4 is 23.6 Å². The Hall–Kier alpha value is -3.25. The van der Waals surface area contributed by atoms with E-state index in [0.717, 1.165) is 41.9 Å². The third kappa shape index (κ3) is 5.14. The normalized spacial score (nSPS) is 12.9. The quantitative estimate of drug-likeness (QED) is 0.442. The van der Waals surface area contributed by atoms with Gasteiger partial charge in [0.05, 0.1) is 11.9 Å². The summed E-state index contributed by atoms with van der Waals surface area (Å²) in [7, 11) is 0. The van der Waals surface area contributed by atoms with E-state index in [1.807, 2.05) is 42.5 Å². The van der Waals surface area contributed by atoms with Crippen molar-refractivity contribution < 1.29 is 19.4 Å². The molecule has 0 bridgehead atoms. The van der Waals surface area contributed by atoms with Crippen LogP contribution in [0.5, 0.6) is 11.5 Å².